The van der Waals surface area contributed by atoms with Crippen LogP contribution in [0.3, 0.4) is 0 Å². The minimum absolute atomic E-state index is 0.171. The van der Waals surface area contributed by atoms with Gasteiger partial charge in [-0.15, -0.1) is 10.2 Å². The number of aryl methyl sites for hydroxylation is 1. The SMILES string of the molecule is Cc1cccc(CN2CCC[C@@]3(COCCN(c4nncs4)C3)C2)n1. The molecule has 0 unspecified atom stereocenters. The highest BCUT2D eigenvalue weighted by molar-refractivity contribution is 7.13. The summed E-state index contributed by atoms with van der Waals surface area (Å²) in [7, 11) is 0. The number of nitrogens with zero attached hydrogens (tertiary/aromatic N) is 5. The largest absolute Gasteiger partial charge is 0.379 e. The van der Waals surface area contributed by atoms with Crippen LogP contribution in [0.5, 0.6) is 0 Å². The molecule has 0 N–H and O–H groups in total. The molecule has 6 nitrogen and oxygen atoms in total. The highest BCUT2D eigenvalue weighted by atomic mass is 32.1. The number of anilines is 1. The molecule has 0 saturated carbocycles. The van der Waals surface area contributed by atoms with Crippen molar-refractivity contribution in [1.29, 1.82) is 0 Å². The molecule has 2 fully saturated rings. The number of piperidine rings is 1. The van der Waals surface area contributed by atoms with Crippen LogP contribution in [0.1, 0.15) is 24.2 Å². The van der Waals surface area contributed by atoms with Crippen LogP contribution in [0, 0.1) is 12.3 Å². The molecule has 2 aromatic heterocycles. The van der Waals surface area contributed by atoms with E-state index in [-0.39, 0.29) is 5.41 Å². The van der Waals surface area contributed by atoms with Crippen LogP contribution in [-0.2, 0) is 11.3 Å². The molecule has 2 aromatic rings. The molecular formula is C18H25N5OS. The van der Waals surface area contributed by atoms with Crippen molar-refractivity contribution in [1.82, 2.24) is 20.1 Å². The minimum Gasteiger partial charge on any atom is -0.379 e. The Labute approximate surface area is 152 Å². The lowest BCUT2D eigenvalue weighted by molar-refractivity contribution is 0.0103. The summed E-state index contributed by atoms with van der Waals surface area (Å²) in [5.74, 6) is 0. The lowest BCUT2D eigenvalue weighted by Crippen LogP contribution is -2.50. The van der Waals surface area contributed by atoms with Gasteiger partial charge in [-0.25, -0.2) is 0 Å². The van der Waals surface area contributed by atoms with Crippen LogP contribution in [0.2, 0.25) is 0 Å². The summed E-state index contributed by atoms with van der Waals surface area (Å²) in [5.41, 5.74) is 4.23. The summed E-state index contributed by atoms with van der Waals surface area (Å²) in [6, 6.07) is 6.29. The van der Waals surface area contributed by atoms with Gasteiger partial charge in [0.1, 0.15) is 5.51 Å². The van der Waals surface area contributed by atoms with Crippen molar-refractivity contribution in [3.8, 4) is 0 Å². The van der Waals surface area contributed by atoms with Crippen LogP contribution >= 0.6 is 11.3 Å². The maximum Gasteiger partial charge on any atom is 0.208 e. The van der Waals surface area contributed by atoms with E-state index in [1.54, 1.807) is 11.3 Å². The van der Waals surface area contributed by atoms with Crippen LogP contribution < -0.4 is 4.90 Å². The third-order valence-corrected chi connectivity index (χ3v) is 5.88. The van der Waals surface area contributed by atoms with Crippen molar-refractivity contribution in [3.63, 3.8) is 0 Å². The van der Waals surface area contributed by atoms with E-state index >= 15 is 0 Å². The van der Waals surface area contributed by atoms with Crippen molar-refractivity contribution in [2.75, 3.05) is 44.3 Å². The summed E-state index contributed by atoms with van der Waals surface area (Å²) in [6.07, 6.45) is 2.42. The molecular weight excluding hydrogens is 334 g/mol. The van der Waals surface area contributed by atoms with E-state index in [0.717, 1.165) is 62.5 Å². The molecule has 134 valence electrons. The third kappa shape index (κ3) is 3.99. The van der Waals surface area contributed by atoms with Gasteiger partial charge >= 0.3 is 0 Å². The molecule has 0 radical (unpaired) electrons. The number of aromatic nitrogens is 3. The molecule has 0 bridgehead atoms. The summed E-state index contributed by atoms with van der Waals surface area (Å²) >= 11 is 1.62. The van der Waals surface area contributed by atoms with E-state index in [2.05, 4.69) is 50.1 Å². The second-order valence-corrected chi connectivity index (χ2v) is 8.09. The predicted octanol–water partition coefficient (Wildman–Crippen LogP) is 2.36. The topological polar surface area (TPSA) is 54.4 Å². The Bertz CT molecular complexity index is 695. The standard InChI is InChI=1S/C18H25N5OS/c1-15-4-2-5-16(20-15)10-22-7-3-6-18(11-22)12-23(8-9-24-13-18)17-21-19-14-25-17/h2,4-5,14H,3,6-13H2,1H3/t18-/m1/s1. The van der Waals surface area contributed by atoms with E-state index in [9.17, 15) is 0 Å². The fraction of sp³-hybridized carbons (Fsp3) is 0.611. The van der Waals surface area contributed by atoms with Crippen LogP contribution in [0.4, 0.5) is 5.13 Å². The number of pyridine rings is 1. The fourth-order valence-corrected chi connectivity index (χ4v) is 4.66. The first kappa shape index (κ1) is 16.9. The first-order valence-corrected chi connectivity index (χ1v) is 9.84. The Hall–Kier alpha value is -1.57. The number of ether oxygens (including phenoxy) is 1. The zero-order valence-corrected chi connectivity index (χ0v) is 15.5. The smallest absolute Gasteiger partial charge is 0.208 e. The van der Waals surface area contributed by atoms with E-state index < -0.39 is 0 Å². The molecule has 2 saturated heterocycles. The maximum atomic E-state index is 6.01. The van der Waals surface area contributed by atoms with Crippen molar-refractivity contribution in [3.05, 3.63) is 35.1 Å². The molecule has 2 aliphatic rings. The number of rotatable bonds is 3. The molecule has 0 amide bonds. The number of hydrogen-bond acceptors (Lipinski definition) is 7. The van der Waals surface area contributed by atoms with Crippen molar-refractivity contribution < 1.29 is 4.74 Å². The molecule has 25 heavy (non-hydrogen) atoms. The third-order valence-electron chi connectivity index (χ3n) is 5.13. The normalized spacial score (nSPS) is 25.2. The van der Waals surface area contributed by atoms with Gasteiger partial charge in [0.15, 0.2) is 0 Å². The average Bonchev–Trinajstić information content (AvgIpc) is 3.06. The molecule has 1 atom stereocenters. The lowest BCUT2D eigenvalue weighted by Gasteiger charge is -2.43. The molecule has 4 heterocycles. The maximum absolute atomic E-state index is 6.01. The van der Waals surface area contributed by atoms with E-state index in [4.69, 9.17) is 4.74 Å². The van der Waals surface area contributed by atoms with Gasteiger partial charge in [-0.2, -0.15) is 0 Å². The predicted molar refractivity (Wildman–Crippen MR) is 98.9 cm³/mol. The second-order valence-electron chi connectivity index (χ2n) is 7.28. The number of likely N-dealkylation sites (tertiary alicyclic amines) is 1. The highest BCUT2D eigenvalue weighted by Gasteiger charge is 2.39. The molecule has 0 aliphatic carbocycles. The minimum atomic E-state index is 0.171. The van der Waals surface area contributed by atoms with E-state index in [0.29, 0.717) is 0 Å². The molecule has 4 rings (SSSR count). The molecule has 1 spiro atoms. The quantitative estimate of drug-likeness (QED) is 0.839. The Morgan fingerprint density at radius 3 is 3.08 bits per heavy atom. The van der Waals surface area contributed by atoms with Crippen LogP contribution in [0.15, 0.2) is 23.7 Å². The van der Waals surface area contributed by atoms with Gasteiger partial charge in [0.25, 0.3) is 0 Å². The Morgan fingerprint density at radius 1 is 1.28 bits per heavy atom. The Balaban J connectivity index is 1.48. The Kier molecular flexibility index (Phi) is 4.96. The van der Waals surface area contributed by atoms with Gasteiger partial charge in [-0.1, -0.05) is 17.4 Å². The monoisotopic (exact) mass is 359 g/mol. The molecule has 0 aromatic carbocycles. The van der Waals surface area contributed by atoms with Crippen molar-refractivity contribution >= 4 is 16.5 Å². The van der Waals surface area contributed by atoms with Crippen LogP contribution in [0.25, 0.3) is 0 Å². The molecule has 2 aliphatic heterocycles. The van der Waals surface area contributed by atoms with Crippen LogP contribution in [-0.4, -0.2) is 59.5 Å². The van der Waals surface area contributed by atoms with Crippen molar-refractivity contribution in [2.24, 2.45) is 5.41 Å². The summed E-state index contributed by atoms with van der Waals surface area (Å²) in [5, 5.41) is 9.30. The zero-order chi connectivity index (χ0) is 17.1. The van der Waals surface area contributed by atoms with Gasteiger partial charge in [-0.3, -0.25) is 9.88 Å². The van der Waals surface area contributed by atoms with Crippen molar-refractivity contribution in [2.45, 2.75) is 26.3 Å². The van der Waals surface area contributed by atoms with Gasteiger partial charge in [0.05, 0.1) is 18.9 Å². The average molecular weight is 359 g/mol. The first-order valence-electron chi connectivity index (χ1n) is 8.96. The van der Waals surface area contributed by atoms with E-state index in [1.807, 2.05) is 5.51 Å². The first-order chi connectivity index (χ1) is 12.2. The molecule has 7 heteroatoms. The number of hydrogen-bond donors (Lipinski definition) is 0. The highest BCUT2D eigenvalue weighted by Crippen LogP contribution is 2.35. The van der Waals surface area contributed by atoms with Gasteiger partial charge < -0.3 is 9.64 Å². The van der Waals surface area contributed by atoms with Gasteiger partial charge in [-0.05, 0) is 38.4 Å². The summed E-state index contributed by atoms with van der Waals surface area (Å²) in [6.45, 7) is 8.66. The Morgan fingerprint density at radius 2 is 2.24 bits per heavy atom. The zero-order valence-electron chi connectivity index (χ0n) is 14.7. The van der Waals surface area contributed by atoms with Gasteiger partial charge in [0, 0.05) is 37.3 Å². The lowest BCUT2D eigenvalue weighted by atomic mass is 9.80. The summed E-state index contributed by atoms with van der Waals surface area (Å²) < 4.78 is 6.01. The summed E-state index contributed by atoms with van der Waals surface area (Å²) in [4.78, 5) is 9.58. The van der Waals surface area contributed by atoms with Gasteiger partial charge in [0.2, 0.25) is 5.13 Å². The fourth-order valence-electron chi connectivity index (χ4n) is 4.07. The second kappa shape index (κ2) is 7.35. The van der Waals surface area contributed by atoms with E-state index in [1.165, 1.54) is 12.8 Å².